The first-order valence-electron chi connectivity index (χ1n) is 7.47. The summed E-state index contributed by atoms with van der Waals surface area (Å²) in [6.07, 6.45) is 3.97. The van der Waals surface area contributed by atoms with Crippen LogP contribution in [0.3, 0.4) is 0 Å². The van der Waals surface area contributed by atoms with Crippen molar-refractivity contribution in [3.8, 4) is 0 Å². The molecule has 0 spiro atoms. The van der Waals surface area contributed by atoms with E-state index in [2.05, 4.69) is 23.7 Å². The molecule has 112 valence electrons. The molecule has 0 aliphatic carbocycles. The van der Waals surface area contributed by atoms with Crippen LogP contribution >= 0.6 is 11.3 Å². The number of rotatable bonds is 6. The van der Waals surface area contributed by atoms with Gasteiger partial charge in [0.1, 0.15) is 0 Å². The second-order valence-electron chi connectivity index (χ2n) is 5.48. The third-order valence-electron chi connectivity index (χ3n) is 4.38. The number of aromatic nitrogens is 1. The lowest BCUT2D eigenvalue weighted by atomic mass is 9.82. The second kappa shape index (κ2) is 6.57. The van der Waals surface area contributed by atoms with Crippen molar-refractivity contribution in [2.75, 3.05) is 24.6 Å². The van der Waals surface area contributed by atoms with Gasteiger partial charge >= 0.3 is 5.97 Å². The first kappa shape index (κ1) is 15.3. The van der Waals surface area contributed by atoms with Gasteiger partial charge in [-0.1, -0.05) is 13.8 Å². The summed E-state index contributed by atoms with van der Waals surface area (Å²) in [5, 5.41) is 3.03. The van der Waals surface area contributed by atoms with Gasteiger partial charge in [0.15, 0.2) is 5.13 Å². The quantitative estimate of drug-likeness (QED) is 0.756. The molecular formula is C15H24N2O2S. The standard InChI is InChI=1S/C15H24N2O2S/c1-4-15(5-2)7-8-17(11-15)14-16-12(10-20-14)9-13(18)19-6-3/h10H,4-9,11H2,1-3H3. The number of nitrogens with zero attached hydrogens (tertiary/aromatic N) is 2. The van der Waals surface area contributed by atoms with Gasteiger partial charge in [-0.2, -0.15) is 0 Å². The van der Waals surface area contributed by atoms with E-state index in [1.54, 1.807) is 11.3 Å². The number of anilines is 1. The molecule has 1 aromatic rings. The van der Waals surface area contributed by atoms with E-state index in [1.807, 2.05) is 12.3 Å². The van der Waals surface area contributed by atoms with Crippen LogP contribution in [0, 0.1) is 5.41 Å². The number of hydrogen-bond acceptors (Lipinski definition) is 5. The van der Waals surface area contributed by atoms with E-state index in [9.17, 15) is 4.79 Å². The molecule has 0 bridgehead atoms. The van der Waals surface area contributed by atoms with E-state index in [0.29, 0.717) is 12.0 Å². The average molecular weight is 296 g/mol. The lowest BCUT2D eigenvalue weighted by molar-refractivity contribution is -0.142. The van der Waals surface area contributed by atoms with E-state index >= 15 is 0 Å². The molecule has 0 amide bonds. The molecule has 0 N–H and O–H groups in total. The maximum absolute atomic E-state index is 11.5. The van der Waals surface area contributed by atoms with Crippen molar-refractivity contribution in [3.05, 3.63) is 11.1 Å². The maximum Gasteiger partial charge on any atom is 0.311 e. The van der Waals surface area contributed by atoms with Gasteiger partial charge in [-0.25, -0.2) is 4.98 Å². The number of ether oxygens (including phenoxy) is 1. The number of carbonyl (C=O) groups is 1. The Morgan fingerprint density at radius 2 is 2.20 bits per heavy atom. The van der Waals surface area contributed by atoms with Crippen LogP contribution in [-0.4, -0.2) is 30.6 Å². The largest absolute Gasteiger partial charge is 0.466 e. The van der Waals surface area contributed by atoms with Gasteiger partial charge in [-0.3, -0.25) is 4.79 Å². The number of esters is 1. The molecule has 4 nitrogen and oxygen atoms in total. The minimum atomic E-state index is -0.192. The van der Waals surface area contributed by atoms with Gasteiger partial charge in [0.2, 0.25) is 0 Å². The molecule has 5 heteroatoms. The molecule has 0 saturated carbocycles. The highest BCUT2D eigenvalue weighted by Crippen LogP contribution is 2.39. The summed E-state index contributed by atoms with van der Waals surface area (Å²) in [4.78, 5) is 18.4. The highest BCUT2D eigenvalue weighted by Gasteiger charge is 2.35. The molecule has 1 aromatic heterocycles. The van der Waals surface area contributed by atoms with Gasteiger partial charge in [0.05, 0.1) is 18.7 Å². The molecule has 1 aliphatic heterocycles. The summed E-state index contributed by atoms with van der Waals surface area (Å²) < 4.78 is 4.96. The molecule has 20 heavy (non-hydrogen) atoms. The van der Waals surface area contributed by atoms with Crippen LogP contribution in [0.15, 0.2) is 5.38 Å². The molecule has 2 heterocycles. The summed E-state index contributed by atoms with van der Waals surface area (Å²) in [5.74, 6) is -0.192. The Morgan fingerprint density at radius 1 is 1.45 bits per heavy atom. The SMILES string of the molecule is CCOC(=O)Cc1csc(N2CCC(CC)(CC)C2)n1. The summed E-state index contributed by atoms with van der Waals surface area (Å²) in [6.45, 7) is 8.98. The van der Waals surface area contributed by atoms with Crippen molar-refractivity contribution in [2.24, 2.45) is 5.41 Å². The summed E-state index contributed by atoms with van der Waals surface area (Å²) in [7, 11) is 0. The van der Waals surface area contributed by atoms with E-state index in [0.717, 1.165) is 23.9 Å². The van der Waals surface area contributed by atoms with Crippen molar-refractivity contribution in [1.82, 2.24) is 4.98 Å². The van der Waals surface area contributed by atoms with Crippen molar-refractivity contribution < 1.29 is 9.53 Å². The fraction of sp³-hybridized carbons (Fsp3) is 0.733. The molecule has 1 aliphatic rings. The van der Waals surface area contributed by atoms with Gasteiger partial charge in [0, 0.05) is 18.5 Å². The van der Waals surface area contributed by atoms with Gasteiger partial charge < -0.3 is 9.64 Å². The van der Waals surface area contributed by atoms with Crippen LogP contribution in [-0.2, 0) is 16.0 Å². The van der Waals surface area contributed by atoms with Gasteiger partial charge in [-0.05, 0) is 31.6 Å². The Hall–Kier alpha value is -1.10. The van der Waals surface area contributed by atoms with Crippen LogP contribution in [0.25, 0.3) is 0 Å². The lowest BCUT2D eigenvalue weighted by Gasteiger charge is -2.26. The van der Waals surface area contributed by atoms with Crippen molar-refractivity contribution in [1.29, 1.82) is 0 Å². The smallest absolute Gasteiger partial charge is 0.311 e. The molecule has 1 fully saturated rings. The van der Waals surface area contributed by atoms with Crippen LogP contribution < -0.4 is 4.90 Å². The Kier molecular flexibility index (Phi) is 5.02. The van der Waals surface area contributed by atoms with Crippen molar-refractivity contribution >= 4 is 22.4 Å². The number of thiazole rings is 1. The zero-order chi connectivity index (χ0) is 14.6. The normalized spacial score (nSPS) is 17.4. The van der Waals surface area contributed by atoms with Crippen LogP contribution in [0.1, 0.15) is 45.7 Å². The topological polar surface area (TPSA) is 42.4 Å². The minimum absolute atomic E-state index is 0.192. The lowest BCUT2D eigenvalue weighted by Crippen LogP contribution is -2.26. The third kappa shape index (κ3) is 3.32. The van der Waals surface area contributed by atoms with Crippen molar-refractivity contribution in [2.45, 2.75) is 46.5 Å². The second-order valence-corrected chi connectivity index (χ2v) is 6.32. The van der Waals surface area contributed by atoms with E-state index in [4.69, 9.17) is 4.74 Å². The molecule has 0 aromatic carbocycles. The highest BCUT2D eigenvalue weighted by molar-refractivity contribution is 7.13. The molecule has 0 radical (unpaired) electrons. The van der Waals surface area contributed by atoms with Crippen molar-refractivity contribution in [3.63, 3.8) is 0 Å². The zero-order valence-corrected chi connectivity index (χ0v) is 13.5. The monoisotopic (exact) mass is 296 g/mol. The zero-order valence-electron chi connectivity index (χ0n) is 12.6. The summed E-state index contributed by atoms with van der Waals surface area (Å²) in [5.41, 5.74) is 1.28. The number of hydrogen-bond donors (Lipinski definition) is 0. The Balaban J connectivity index is 1.98. The molecule has 1 saturated heterocycles. The molecular weight excluding hydrogens is 272 g/mol. The molecule has 2 rings (SSSR count). The van der Waals surface area contributed by atoms with E-state index in [1.165, 1.54) is 19.3 Å². The first-order valence-corrected chi connectivity index (χ1v) is 8.35. The Morgan fingerprint density at radius 3 is 2.80 bits per heavy atom. The van der Waals surface area contributed by atoms with Crippen LogP contribution in [0.4, 0.5) is 5.13 Å². The fourth-order valence-electron chi connectivity index (χ4n) is 2.81. The fourth-order valence-corrected chi connectivity index (χ4v) is 3.66. The third-order valence-corrected chi connectivity index (χ3v) is 5.33. The maximum atomic E-state index is 11.5. The number of carbonyl (C=O) groups excluding carboxylic acids is 1. The van der Waals surface area contributed by atoms with Crippen LogP contribution in [0.5, 0.6) is 0 Å². The summed E-state index contributed by atoms with van der Waals surface area (Å²) >= 11 is 1.64. The predicted molar refractivity (Wildman–Crippen MR) is 82.3 cm³/mol. The predicted octanol–water partition coefficient (Wildman–Crippen LogP) is 3.27. The minimum Gasteiger partial charge on any atom is -0.466 e. The first-order chi connectivity index (χ1) is 9.62. The van der Waals surface area contributed by atoms with E-state index in [-0.39, 0.29) is 12.4 Å². The summed E-state index contributed by atoms with van der Waals surface area (Å²) in [6, 6.07) is 0. The molecule has 0 unspecified atom stereocenters. The van der Waals surface area contributed by atoms with Crippen LogP contribution in [0.2, 0.25) is 0 Å². The average Bonchev–Trinajstić information content (AvgIpc) is 3.06. The van der Waals surface area contributed by atoms with Gasteiger partial charge in [0.25, 0.3) is 0 Å². The van der Waals surface area contributed by atoms with E-state index < -0.39 is 0 Å². The van der Waals surface area contributed by atoms with Gasteiger partial charge in [-0.15, -0.1) is 11.3 Å². The highest BCUT2D eigenvalue weighted by atomic mass is 32.1. The Labute approximate surface area is 125 Å². The Bertz CT molecular complexity index is 454. The molecule has 0 atom stereocenters.